The van der Waals surface area contributed by atoms with E-state index < -0.39 is 0 Å². The van der Waals surface area contributed by atoms with E-state index in [0.717, 1.165) is 19.6 Å². The van der Waals surface area contributed by atoms with Crippen molar-refractivity contribution < 1.29 is 0 Å². The van der Waals surface area contributed by atoms with Crippen molar-refractivity contribution in [3.05, 3.63) is 18.5 Å². The first kappa shape index (κ1) is 13.7. The fraction of sp³-hybridized carbons (Fsp3) is 0.500. The van der Waals surface area contributed by atoms with Crippen LogP contribution in [-0.2, 0) is 0 Å². The molecule has 1 aliphatic heterocycles. The predicted octanol–water partition coefficient (Wildman–Crippen LogP) is -0.517. The fourth-order valence-corrected chi connectivity index (χ4v) is 2.28. The Morgan fingerprint density at radius 2 is 2.05 bits per heavy atom. The van der Waals surface area contributed by atoms with Gasteiger partial charge in [-0.15, -0.1) is 0 Å². The summed E-state index contributed by atoms with van der Waals surface area (Å²) < 4.78 is 1.59. The van der Waals surface area contributed by atoms with E-state index in [-0.39, 0.29) is 0 Å². The first-order valence-corrected chi connectivity index (χ1v) is 6.85. The van der Waals surface area contributed by atoms with Crippen LogP contribution in [0.2, 0.25) is 0 Å². The molecule has 21 heavy (non-hydrogen) atoms. The van der Waals surface area contributed by atoms with Crippen LogP contribution in [0.4, 0.5) is 11.9 Å². The molecule has 1 fully saturated rings. The van der Waals surface area contributed by atoms with Crippen LogP contribution in [0.1, 0.15) is 6.92 Å². The number of anilines is 2. The van der Waals surface area contributed by atoms with Crippen molar-refractivity contribution in [2.45, 2.75) is 13.0 Å². The van der Waals surface area contributed by atoms with E-state index in [2.05, 4.69) is 49.2 Å². The summed E-state index contributed by atoms with van der Waals surface area (Å²) in [7, 11) is 2.12. The molecule has 0 amide bonds. The Kier molecular flexibility index (Phi) is 3.67. The first-order chi connectivity index (χ1) is 10.2. The summed E-state index contributed by atoms with van der Waals surface area (Å²) in [6.07, 6.45) is 3.46. The molecule has 0 radical (unpaired) electrons. The zero-order chi connectivity index (χ0) is 14.8. The quantitative estimate of drug-likeness (QED) is 0.575. The van der Waals surface area contributed by atoms with Gasteiger partial charge in [-0.25, -0.2) is 10.5 Å². The summed E-state index contributed by atoms with van der Waals surface area (Å²) in [5.74, 6) is 6.85. The molecule has 9 nitrogen and oxygen atoms in total. The molecule has 3 N–H and O–H groups in total. The number of nitrogens with one attached hydrogen (secondary N) is 1. The molecule has 2 aromatic rings. The normalized spacial score (nSPS) is 19.8. The molecule has 1 atom stereocenters. The van der Waals surface area contributed by atoms with E-state index in [0.29, 0.717) is 23.9 Å². The van der Waals surface area contributed by atoms with Crippen molar-refractivity contribution in [3.63, 3.8) is 0 Å². The molecule has 3 rings (SSSR count). The van der Waals surface area contributed by atoms with Crippen LogP contribution in [0.3, 0.4) is 0 Å². The van der Waals surface area contributed by atoms with Gasteiger partial charge in [-0.2, -0.15) is 20.1 Å². The minimum absolute atomic E-state index is 0.331. The topological polar surface area (TPSA) is 101 Å². The van der Waals surface area contributed by atoms with Crippen LogP contribution < -0.4 is 16.2 Å². The van der Waals surface area contributed by atoms with E-state index >= 15 is 0 Å². The van der Waals surface area contributed by atoms with Gasteiger partial charge < -0.3 is 9.80 Å². The van der Waals surface area contributed by atoms with Gasteiger partial charge in [0, 0.05) is 38.1 Å². The van der Waals surface area contributed by atoms with Gasteiger partial charge in [0.05, 0.1) is 0 Å². The van der Waals surface area contributed by atoms with Gasteiger partial charge in [0.15, 0.2) is 0 Å². The van der Waals surface area contributed by atoms with Crippen molar-refractivity contribution in [2.24, 2.45) is 5.84 Å². The van der Waals surface area contributed by atoms with Crippen LogP contribution in [0.5, 0.6) is 0 Å². The Morgan fingerprint density at radius 3 is 2.71 bits per heavy atom. The highest BCUT2D eigenvalue weighted by Gasteiger charge is 2.23. The van der Waals surface area contributed by atoms with E-state index in [4.69, 9.17) is 5.84 Å². The van der Waals surface area contributed by atoms with E-state index in [1.807, 2.05) is 6.07 Å². The maximum Gasteiger partial charge on any atom is 0.257 e. The van der Waals surface area contributed by atoms with Crippen molar-refractivity contribution in [2.75, 3.05) is 37.0 Å². The second-order valence-corrected chi connectivity index (χ2v) is 5.13. The molecule has 0 saturated carbocycles. The number of nitrogens with two attached hydrogens (primary N) is 1. The number of piperazine rings is 1. The average molecular weight is 289 g/mol. The molecular weight excluding hydrogens is 270 g/mol. The Hall–Kier alpha value is -2.26. The van der Waals surface area contributed by atoms with Crippen LogP contribution in [0, 0.1) is 0 Å². The number of hydrazine groups is 1. The molecule has 1 saturated heterocycles. The van der Waals surface area contributed by atoms with Crippen LogP contribution in [0.25, 0.3) is 5.95 Å². The summed E-state index contributed by atoms with van der Waals surface area (Å²) in [5, 5.41) is 4.14. The Morgan fingerprint density at radius 1 is 1.24 bits per heavy atom. The van der Waals surface area contributed by atoms with Gasteiger partial charge in [0.2, 0.25) is 11.9 Å². The minimum Gasteiger partial charge on any atom is -0.338 e. The summed E-state index contributed by atoms with van der Waals surface area (Å²) in [6.45, 7) is 4.88. The largest absolute Gasteiger partial charge is 0.338 e. The fourth-order valence-electron chi connectivity index (χ4n) is 2.28. The van der Waals surface area contributed by atoms with Gasteiger partial charge in [0.1, 0.15) is 0 Å². The number of nitrogens with zero attached hydrogens (tertiary/aromatic N) is 7. The predicted molar refractivity (Wildman–Crippen MR) is 79.1 cm³/mol. The summed E-state index contributed by atoms with van der Waals surface area (Å²) in [6, 6.07) is 2.26. The van der Waals surface area contributed by atoms with Crippen molar-refractivity contribution in [1.82, 2.24) is 29.6 Å². The monoisotopic (exact) mass is 289 g/mol. The second kappa shape index (κ2) is 5.62. The zero-order valence-electron chi connectivity index (χ0n) is 12.1. The highest BCUT2D eigenvalue weighted by atomic mass is 15.4. The third kappa shape index (κ3) is 2.78. The van der Waals surface area contributed by atoms with Gasteiger partial charge in [-0.3, -0.25) is 5.43 Å². The van der Waals surface area contributed by atoms with Crippen molar-refractivity contribution in [1.29, 1.82) is 0 Å². The number of hydrogen-bond acceptors (Lipinski definition) is 8. The molecule has 3 heterocycles. The third-order valence-corrected chi connectivity index (χ3v) is 3.69. The average Bonchev–Trinajstić information content (AvgIpc) is 3.04. The highest BCUT2D eigenvalue weighted by molar-refractivity contribution is 5.40. The second-order valence-electron chi connectivity index (χ2n) is 5.13. The lowest BCUT2D eigenvalue weighted by atomic mass is 10.2. The number of hydrogen-bond donors (Lipinski definition) is 2. The van der Waals surface area contributed by atoms with E-state index in [9.17, 15) is 0 Å². The molecule has 9 heteroatoms. The zero-order valence-corrected chi connectivity index (χ0v) is 12.1. The number of rotatable bonds is 3. The maximum atomic E-state index is 5.46. The lowest BCUT2D eigenvalue weighted by Crippen LogP contribution is -2.50. The Bertz CT molecular complexity index is 597. The SMILES string of the molecule is CC1CN(c2nc(NN)nc(-n3cccn3)n2)CCN1C. The number of nitrogen functional groups attached to an aromatic ring is 1. The van der Waals surface area contributed by atoms with E-state index in [1.165, 1.54) is 0 Å². The van der Waals surface area contributed by atoms with Gasteiger partial charge in [-0.1, -0.05) is 0 Å². The smallest absolute Gasteiger partial charge is 0.257 e. The number of likely N-dealkylation sites (N-methyl/N-ethyl adjacent to an activating group) is 1. The van der Waals surface area contributed by atoms with Crippen LogP contribution in [-0.4, -0.2) is 62.4 Å². The third-order valence-electron chi connectivity index (χ3n) is 3.69. The van der Waals surface area contributed by atoms with Crippen LogP contribution in [0.15, 0.2) is 18.5 Å². The Labute approximate surface area is 122 Å². The molecule has 1 aliphatic rings. The van der Waals surface area contributed by atoms with Gasteiger partial charge in [-0.05, 0) is 20.0 Å². The molecule has 112 valence electrons. The lowest BCUT2D eigenvalue weighted by molar-refractivity contribution is 0.232. The molecule has 0 bridgehead atoms. The molecule has 0 aliphatic carbocycles. The number of aromatic nitrogens is 5. The van der Waals surface area contributed by atoms with Crippen molar-refractivity contribution in [3.8, 4) is 5.95 Å². The van der Waals surface area contributed by atoms with Gasteiger partial charge >= 0.3 is 0 Å². The Balaban J connectivity index is 1.93. The molecule has 1 unspecified atom stereocenters. The molecular formula is C12H19N9. The first-order valence-electron chi connectivity index (χ1n) is 6.85. The summed E-state index contributed by atoms with van der Waals surface area (Å²) >= 11 is 0. The highest BCUT2D eigenvalue weighted by Crippen LogP contribution is 2.16. The standard InChI is InChI=1S/C12H19N9/c1-9-8-20(7-6-19(9)2)11-15-10(18-13)16-12(17-11)21-5-3-4-14-21/h3-5,9H,6-8,13H2,1-2H3,(H,15,16,17,18). The van der Waals surface area contributed by atoms with Crippen molar-refractivity contribution >= 4 is 11.9 Å². The molecule has 2 aromatic heterocycles. The maximum absolute atomic E-state index is 5.46. The summed E-state index contributed by atoms with van der Waals surface area (Å²) in [5.41, 5.74) is 2.49. The summed E-state index contributed by atoms with van der Waals surface area (Å²) in [4.78, 5) is 17.5. The van der Waals surface area contributed by atoms with Gasteiger partial charge in [0.25, 0.3) is 5.95 Å². The minimum atomic E-state index is 0.331. The van der Waals surface area contributed by atoms with E-state index in [1.54, 1.807) is 17.1 Å². The van der Waals surface area contributed by atoms with Crippen LogP contribution >= 0.6 is 0 Å². The molecule has 0 aromatic carbocycles. The lowest BCUT2D eigenvalue weighted by Gasteiger charge is -2.37. The molecule has 0 spiro atoms.